The smallest absolute Gasteiger partial charge is 0.372 e. The molecule has 0 aromatic carbocycles. The molecular formula is C17H20F3N5O3. The molecule has 3 heterocycles. The van der Waals surface area contributed by atoms with Gasteiger partial charge in [-0.05, 0) is 12.1 Å². The third kappa shape index (κ3) is 4.03. The highest BCUT2D eigenvalue weighted by atomic mass is 19.4. The third-order valence-corrected chi connectivity index (χ3v) is 4.19. The fourth-order valence-electron chi connectivity index (χ4n) is 2.65. The van der Waals surface area contributed by atoms with Gasteiger partial charge in [-0.25, -0.2) is 19.8 Å². The van der Waals surface area contributed by atoms with Crippen molar-refractivity contribution in [2.24, 2.45) is 0 Å². The highest BCUT2D eigenvalue weighted by Gasteiger charge is 2.37. The molecule has 1 aliphatic heterocycles. The number of aliphatic hydroxyl groups is 1. The number of hydrazine groups is 1. The van der Waals surface area contributed by atoms with Crippen LogP contribution in [0.15, 0.2) is 28.9 Å². The lowest BCUT2D eigenvalue weighted by atomic mass is 9.92. The van der Waals surface area contributed by atoms with Gasteiger partial charge < -0.3 is 9.63 Å². The van der Waals surface area contributed by atoms with Crippen molar-refractivity contribution >= 4 is 17.7 Å². The van der Waals surface area contributed by atoms with Crippen LogP contribution in [0.1, 0.15) is 38.4 Å². The number of carbonyl (C=O) groups excluding carboxylic acids is 1. The van der Waals surface area contributed by atoms with Gasteiger partial charge in [-0.15, -0.1) is 0 Å². The molecule has 2 N–H and O–H groups in total. The minimum atomic E-state index is -4.52. The van der Waals surface area contributed by atoms with Crippen LogP contribution in [0.4, 0.5) is 29.7 Å². The first kappa shape index (κ1) is 19.9. The van der Waals surface area contributed by atoms with Crippen molar-refractivity contribution < 1.29 is 27.6 Å². The lowest BCUT2D eigenvalue weighted by molar-refractivity contribution is -0.137. The van der Waals surface area contributed by atoms with Crippen molar-refractivity contribution in [3.63, 3.8) is 0 Å². The van der Waals surface area contributed by atoms with Crippen LogP contribution in [0.2, 0.25) is 0 Å². The molecular weight excluding hydrogens is 379 g/mol. The topological polar surface area (TPSA) is 94.7 Å². The number of nitrogens with zero attached hydrogens (tertiary/aromatic N) is 4. The summed E-state index contributed by atoms with van der Waals surface area (Å²) in [6.07, 6.45) is -4.76. The largest absolute Gasteiger partial charge is 0.417 e. The van der Waals surface area contributed by atoms with Crippen LogP contribution in [0.25, 0.3) is 0 Å². The molecule has 152 valence electrons. The number of amides is 2. The van der Waals surface area contributed by atoms with E-state index >= 15 is 0 Å². The van der Waals surface area contributed by atoms with Crippen molar-refractivity contribution in [2.45, 2.75) is 45.0 Å². The molecule has 0 aliphatic carbocycles. The summed E-state index contributed by atoms with van der Waals surface area (Å²) >= 11 is 0. The molecule has 1 aliphatic rings. The second kappa shape index (κ2) is 6.97. The van der Waals surface area contributed by atoms with E-state index in [0.29, 0.717) is 11.9 Å². The first-order valence-electron chi connectivity index (χ1n) is 8.53. The predicted octanol–water partition coefficient (Wildman–Crippen LogP) is 3.36. The molecule has 1 fully saturated rings. The van der Waals surface area contributed by atoms with Gasteiger partial charge in [-0.1, -0.05) is 25.9 Å². The number of carbonyl (C=O) groups is 1. The average molecular weight is 399 g/mol. The van der Waals surface area contributed by atoms with E-state index < -0.39 is 24.0 Å². The van der Waals surface area contributed by atoms with Gasteiger partial charge in [-0.2, -0.15) is 13.2 Å². The van der Waals surface area contributed by atoms with Gasteiger partial charge in [0, 0.05) is 30.6 Å². The second-order valence-electron chi connectivity index (χ2n) is 7.40. The standard InChI is InChI=1S/C17H20F3N5O3/c1-16(2,3)11-8-13(28-23-11)22-15(27)24-7-6-14(26)25(24)12-5-4-10(9-21-12)17(18,19)20/h4-5,8-9,14,26H,6-7H2,1-3H3,(H,22,27). The highest BCUT2D eigenvalue weighted by molar-refractivity contribution is 5.89. The van der Waals surface area contributed by atoms with Gasteiger partial charge in [0.15, 0.2) is 0 Å². The number of anilines is 2. The molecule has 2 aromatic heterocycles. The number of urea groups is 1. The highest BCUT2D eigenvalue weighted by Crippen LogP contribution is 2.31. The molecule has 28 heavy (non-hydrogen) atoms. The van der Waals surface area contributed by atoms with Crippen molar-refractivity contribution in [3.05, 3.63) is 35.7 Å². The van der Waals surface area contributed by atoms with Gasteiger partial charge in [-0.3, -0.25) is 5.32 Å². The van der Waals surface area contributed by atoms with Gasteiger partial charge >= 0.3 is 12.2 Å². The van der Waals surface area contributed by atoms with Crippen LogP contribution in [-0.2, 0) is 11.6 Å². The summed E-state index contributed by atoms with van der Waals surface area (Å²) in [4.78, 5) is 16.3. The summed E-state index contributed by atoms with van der Waals surface area (Å²) in [7, 11) is 0. The molecule has 3 rings (SSSR count). The van der Waals surface area contributed by atoms with E-state index in [1.54, 1.807) is 6.07 Å². The number of aromatic nitrogens is 2. The van der Waals surface area contributed by atoms with E-state index in [-0.39, 0.29) is 30.1 Å². The van der Waals surface area contributed by atoms with E-state index in [2.05, 4.69) is 15.5 Å². The third-order valence-electron chi connectivity index (χ3n) is 4.19. The Bertz CT molecular complexity index is 845. The molecule has 11 heteroatoms. The molecule has 8 nitrogen and oxygen atoms in total. The summed E-state index contributed by atoms with van der Waals surface area (Å²) < 4.78 is 43.2. The Morgan fingerprint density at radius 1 is 1.32 bits per heavy atom. The predicted molar refractivity (Wildman–Crippen MR) is 93.3 cm³/mol. The van der Waals surface area contributed by atoms with E-state index in [0.717, 1.165) is 22.2 Å². The molecule has 0 radical (unpaired) electrons. The maximum absolute atomic E-state index is 12.7. The Morgan fingerprint density at radius 3 is 2.57 bits per heavy atom. The Balaban J connectivity index is 1.77. The summed E-state index contributed by atoms with van der Waals surface area (Å²) in [5.41, 5.74) is -0.546. The fraction of sp³-hybridized carbons (Fsp3) is 0.471. The number of aliphatic hydroxyl groups excluding tert-OH is 1. The number of hydrogen-bond donors (Lipinski definition) is 2. The minimum absolute atomic E-state index is 0.0149. The van der Waals surface area contributed by atoms with Crippen molar-refractivity contribution in [1.82, 2.24) is 15.1 Å². The first-order valence-corrected chi connectivity index (χ1v) is 8.53. The Labute approximate surface area is 158 Å². The molecule has 2 amide bonds. The first-order chi connectivity index (χ1) is 13.0. The molecule has 0 bridgehead atoms. The number of rotatable bonds is 2. The van der Waals surface area contributed by atoms with Crippen LogP contribution >= 0.6 is 0 Å². The van der Waals surface area contributed by atoms with Crippen LogP contribution in [-0.4, -0.2) is 39.1 Å². The van der Waals surface area contributed by atoms with Crippen molar-refractivity contribution in [3.8, 4) is 0 Å². The molecule has 2 aromatic rings. The maximum atomic E-state index is 12.7. The van der Waals surface area contributed by atoms with Gasteiger partial charge in [0.25, 0.3) is 0 Å². The normalized spacial score (nSPS) is 17.9. The van der Waals surface area contributed by atoms with E-state index in [9.17, 15) is 23.1 Å². The zero-order valence-electron chi connectivity index (χ0n) is 15.5. The molecule has 1 atom stereocenters. The lowest BCUT2D eigenvalue weighted by Crippen LogP contribution is -2.47. The average Bonchev–Trinajstić information content (AvgIpc) is 3.20. The van der Waals surface area contributed by atoms with E-state index in [1.165, 1.54) is 0 Å². The van der Waals surface area contributed by atoms with E-state index in [1.807, 2.05) is 20.8 Å². The maximum Gasteiger partial charge on any atom is 0.417 e. The summed E-state index contributed by atoms with van der Waals surface area (Å²) in [5, 5.41) is 18.9. The monoisotopic (exact) mass is 399 g/mol. The Hall–Kier alpha value is -2.82. The molecule has 1 saturated heterocycles. The number of pyridine rings is 1. The minimum Gasteiger partial charge on any atom is -0.372 e. The zero-order chi connectivity index (χ0) is 20.7. The van der Waals surface area contributed by atoms with E-state index in [4.69, 9.17) is 4.52 Å². The van der Waals surface area contributed by atoms with Crippen molar-refractivity contribution in [2.75, 3.05) is 16.9 Å². The number of alkyl halides is 3. The summed E-state index contributed by atoms with van der Waals surface area (Å²) in [6, 6.07) is 2.90. The second-order valence-corrected chi connectivity index (χ2v) is 7.40. The SMILES string of the molecule is CC(C)(C)c1cc(NC(=O)N2CCC(O)N2c2ccc(C(F)(F)F)cn2)on1. The van der Waals surface area contributed by atoms with Crippen LogP contribution in [0.5, 0.6) is 0 Å². The molecule has 1 unspecified atom stereocenters. The Kier molecular flexibility index (Phi) is 4.96. The van der Waals surface area contributed by atoms with Crippen LogP contribution in [0, 0.1) is 0 Å². The zero-order valence-corrected chi connectivity index (χ0v) is 15.5. The number of hydrogen-bond acceptors (Lipinski definition) is 6. The van der Waals surface area contributed by atoms with Crippen LogP contribution in [0.3, 0.4) is 0 Å². The van der Waals surface area contributed by atoms with Gasteiger partial charge in [0.05, 0.1) is 11.3 Å². The summed E-state index contributed by atoms with van der Waals surface area (Å²) in [5.74, 6) is 0.137. The number of nitrogens with one attached hydrogen (secondary N) is 1. The number of halogens is 3. The quantitative estimate of drug-likeness (QED) is 0.804. The fourth-order valence-corrected chi connectivity index (χ4v) is 2.65. The molecule has 0 saturated carbocycles. The Morgan fingerprint density at radius 2 is 2.04 bits per heavy atom. The van der Waals surface area contributed by atoms with Gasteiger partial charge in [0.1, 0.15) is 12.0 Å². The lowest BCUT2D eigenvalue weighted by Gasteiger charge is -2.30. The van der Waals surface area contributed by atoms with Gasteiger partial charge in [0.2, 0.25) is 5.88 Å². The van der Waals surface area contributed by atoms with Crippen molar-refractivity contribution in [1.29, 1.82) is 0 Å². The summed E-state index contributed by atoms with van der Waals surface area (Å²) in [6.45, 7) is 5.96. The van der Waals surface area contributed by atoms with Crippen LogP contribution < -0.4 is 10.3 Å². The molecule has 0 spiro atoms.